The first-order chi connectivity index (χ1) is 38.3. The Morgan fingerprint density at radius 1 is 0.684 bits per heavy atom. The van der Waals surface area contributed by atoms with Crippen LogP contribution in [0.1, 0.15) is 132 Å². The first-order valence-corrected chi connectivity index (χ1v) is 28.6. The maximum absolute atomic E-state index is 15.0. The average Bonchev–Trinajstić information content (AvgIpc) is 4.44. The van der Waals surface area contributed by atoms with Crippen molar-refractivity contribution in [3.63, 3.8) is 0 Å². The number of nitrogens with two attached hydrogens (primary N) is 2. The van der Waals surface area contributed by atoms with Gasteiger partial charge < -0.3 is 55.6 Å². The predicted molar refractivity (Wildman–Crippen MR) is 285 cm³/mol. The number of rotatable bonds is 34. The molecule has 79 heavy (non-hydrogen) atoms. The van der Waals surface area contributed by atoms with Gasteiger partial charge in [0.05, 0.1) is 63.2 Å². The van der Waals surface area contributed by atoms with Gasteiger partial charge in [-0.05, 0) is 42.8 Å². The number of methoxy groups -OCH3 is 1. The van der Waals surface area contributed by atoms with E-state index in [1.54, 1.807) is 18.2 Å². The number of benzene rings is 1. The normalized spacial score (nSPS) is 23.5. The number of anilines is 2. The lowest BCUT2D eigenvalue weighted by molar-refractivity contribution is -0.0803. The van der Waals surface area contributed by atoms with E-state index in [9.17, 15) is 36.2 Å². The molecule has 0 spiro atoms. The number of nitrogen functional groups attached to an aromatic ring is 2. The van der Waals surface area contributed by atoms with E-state index >= 15 is 4.57 Å². The molecule has 5 aromatic rings. The van der Waals surface area contributed by atoms with Crippen LogP contribution in [0.25, 0.3) is 11.0 Å². The third-order valence-electron chi connectivity index (χ3n) is 14.5. The molecule has 1 aromatic carbocycles. The molecule has 4 aromatic heterocycles. The highest BCUT2D eigenvalue weighted by atomic mass is 31.2. The number of nitrogens with zero attached hydrogens (tertiary/aromatic N) is 9. The van der Waals surface area contributed by atoms with Gasteiger partial charge in [-0.2, -0.15) is 26.0 Å². The van der Waals surface area contributed by atoms with Crippen LogP contribution in [-0.2, 0) is 54.9 Å². The lowest BCUT2D eigenvalue weighted by atomic mass is 9.92. The van der Waals surface area contributed by atoms with E-state index in [1.165, 1.54) is 117 Å². The summed E-state index contributed by atoms with van der Waals surface area (Å²) in [6, 6.07) is 16.7. The van der Waals surface area contributed by atoms with Crippen molar-refractivity contribution < 1.29 is 62.2 Å². The number of unbranched alkanes of at least 4 members (excludes halogenated alkanes) is 15. The van der Waals surface area contributed by atoms with Crippen LogP contribution in [-0.4, -0.2) is 132 Å². The minimum Gasteiger partial charge on any atom is -0.496 e. The number of hydrogen-bond acceptors (Lipinski definition) is 22. The summed E-state index contributed by atoms with van der Waals surface area (Å²) in [6.45, 7) is 0.348. The highest BCUT2D eigenvalue weighted by Gasteiger charge is 2.59. The molecule has 7 rings (SSSR count). The van der Waals surface area contributed by atoms with Gasteiger partial charge in [0, 0.05) is 12.2 Å². The molecular formula is C54H74N11O13P. The fourth-order valence-electron chi connectivity index (χ4n) is 9.97. The van der Waals surface area contributed by atoms with E-state index in [4.69, 9.17) is 48.7 Å². The van der Waals surface area contributed by atoms with Crippen molar-refractivity contribution in [3.05, 3.63) is 77.6 Å². The van der Waals surface area contributed by atoms with E-state index in [-0.39, 0.29) is 47.3 Å². The van der Waals surface area contributed by atoms with E-state index in [0.29, 0.717) is 23.5 Å². The van der Waals surface area contributed by atoms with Crippen molar-refractivity contribution >= 4 is 30.5 Å². The molecule has 2 aliphatic heterocycles. The maximum atomic E-state index is 15.0. The van der Waals surface area contributed by atoms with Gasteiger partial charge in [-0.3, -0.25) is 13.6 Å². The van der Waals surface area contributed by atoms with Crippen molar-refractivity contribution in [2.75, 3.05) is 51.6 Å². The first kappa shape index (κ1) is 60.8. The van der Waals surface area contributed by atoms with Crippen LogP contribution in [0.4, 0.5) is 11.6 Å². The number of fused-ring (bicyclic) bond motifs is 2. The van der Waals surface area contributed by atoms with E-state index in [2.05, 4.69) is 33.2 Å². The fraction of sp³-hybridized carbons (Fsp3) is 0.611. The average molecular weight is 1120 g/mol. The molecule has 8 N–H and O–H groups in total. The quantitative estimate of drug-likeness (QED) is 0.0197. The molecule has 2 saturated heterocycles. The second kappa shape index (κ2) is 29.0. The molecule has 2 aliphatic rings. The van der Waals surface area contributed by atoms with Crippen LogP contribution in [0, 0.1) is 34.0 Å². The molecule has 2 fully saturated rings. The second-order valence-electron chi connectivity index (χ2n) is 20.0. The summed E-state index contributed by atoms with van der Waals surface area (Å²) in [4.78, 5) is 7.91. The van der Waals surface area contributed by atoms with E-state index in [0.717, 1.165) is 38.3 Å². The molecular weight excluding hydrogens is 1040 g/mol. The third kappa shape index (κ3) is 14.5. The van der Waals surface area contributed by atoms with Gasteiger partial charge in [-0.15, -0.1) is 0 Å². The third-order valence-corrected chi connectivity index (χ3v) is 15.9. The Labute approximate surface area is 459 Å². The standard InChI is InChI=1S/C54H74N11O13P/c1-3-4-5-6-7-8-9-10-11-12-13-14-15-16-17-18-25-72-29-39(73-28-38-20-19-37(27-55)26-42(38)71-2)30-74-79(70,75-31-43-47(66)49(68)53(33-56,77-43)45-23-21-40-51(58)60-35-62-64(40)45)76-32-44-48(67)50(69)54(34-57,78-44)46-24-22-41-52(59)61-36-63-65(41)46/h19-24,26,35-36,39,43-44,47-50,66-69H,3-18,25,28-32H2,1-2H3,(H2,58,60,62)(H2,59,61,63)/t39-,43-,44-,47-,48-,49-,50-,53+,54+/m1/s1. The Balaban J connectivity index is 1.03. The van der Waals surface area contributed by atoms with Crippen molar-refractivity contribution in [1.29, 1.82) is 15.8 Å². The molecule has 9 atom stereocenters. The number of phosphoric ester groups is 1. The van der Waals surface area contributed by atoms with Crippen molar-refractivity contribution in [1.82, 2.24) is 29.2 Å². The van der Waals surface area contributed by atoms with E-state index in [1.807, 2.05) is 12.1 Å². The zero-order valence-electron chi connectivity index (χ0n) is 44.9. The molecule has 24 nitrogen and oxygen atoms in total. The molecule has 25 heteroatoms. The van der Waals surface area contributed by atoms with E-state index < -0.39 is 81.6 Å². The smallest absolute Gasteiger partial charge is 0.475 e. The van der Waals surface area contributed by atoms with Gasteiger partial charge in [0.25, 0.3) is 0 Å². The maximum Gasteiger partial charge on any atom is 0.475 e. The first-order valence-electron chi connectivity index (χ1n) is 27.2. The van der Waals surface area contributed by atoms with Crippen LogP contribution in [0.3, 0.4) is 0 Å². The lowest BCUT2D eigenvalue weighted by Gasteiger charge is -2.26. The number of aromatic nitrogens is 6. The molecule has 0 radical (unpaired) electrons. The van der Waals surface area contributed by atoms with Crippen LogP contribution in [0.2, 0.25) is 0 Å². The molecule has 0 unspecified atom stereocenters. The molecule has 0 bridgehead atoms. The SMILES string of the molecule is CCCCCCCCCCCCCCCCCCOC[C@H](COP(=O)(OC[C@H]1O[C@@](C#N)(c2ccc3c(N)ncnn23)[C@H](O)[C@@H]1O)OC[C@H]1O[C@@](C#N)(c2ccc3c(N)ncnn23)[C@H](O)[C@@H]1O)OCc1ccc(C#N)cc1OC. The fourth-order valence-corrected chi connectivity index (χ4v) is 11.2. The van der Waals surface area contributed by atoms with Crippen LogP contribution >= 0.6 is 7.82 Å². The summed E-state index contributed by atoms with van der Waals surface area (Å²) in [7, 11) is -3.52. The van der Waals surface area contributed by atoms with Crippen LogP contribution in [0.5, 0.6) is 5.75 Å². The predicted octanol–water partition coefficient (Wildman–Crippen LogP) is 6.22. The summed E-state index contributed by atoms with van der Waals surface area (Å²) in [5.41, 5.74) is 9.08. The van der Waals surface area contributed by atoms with Crippen molar-refractivity contribution in [2.24, 2.45) is 0 Å². The van der Waals surface area contributed by atoms with Gasteiger partial charge in [0.15, 0.2) is 11.6 Å². The lowest BCUT2D eigenvalue weighted by Crippen LogP contribution is -2.41. The monoisotopic (exact) mass is 1120 g/mol. The summed E-state index contributed by atoms with van der Waals surface area (Å²) >= 11 is 0. The highest BCUT2D eigenvalue weighted by Crippen LogP contribution is 2.52. The van der Waals surface area contributed by atoms with Gasteiger partial charge in [0.1, 0.15) is 84.3 Å². The van der Waals surface area contributed by atoms with Crippen molar-refractivity contribution in [2.45, 2.75) is 170 Å². The molecule has 0 saturated carbocycles. The Morgan fingerprint density at radius 2 is 1.16 bits per heavy atom. The minimum atomic E-state index is -4.98. The van der Waals surface area contributed by atoms with Gasteiger partial charge >= 0.3 is 7.82 Å². The van der Waals surface area contributed by atoms with Gasteiger partial charge in [-0.1, -0.05) is 109 Å². The zero-order valence-corrected chi connectivity index (χ0v) is 45.8. The Bertz CT molecular complexity index is 2800. The number of ether oxygens (including phenoxy) is 5. The number of phosphoric acid groups is 1. The van der Waals surface area contributed by atoms with Gasteiger partial charge in [-0.25, -0.2) is 23.6 Å². The molecule has 0 aliphatic carbocycles. The number of aliphatic hydroxyl groups is 4. The largest absolute Gasteiger partial charge is 0.496 e. The van der Waals surface area contributed by atoms with Crippen molar-refractivity contribution in [3.8, 4) is 24.0 Å². The summed E-state index contributed by atoms with van der Waals surface area (Å²) in [6.07, 6.45) is 10.3. The van der Waals surface area contributed by atoms with Crippen LogP contribution < -0.4 is 16.2 Å². The van der Waals surface area contributed by atoms with Crippen LogP contribution in [0.15, 0.2) is 55.1 Å². The highest BCUT2D eigenvalue weighted by molar-refractivity contribution is 7.48. The summed E-state index contributed by atoms with van der Waals surface area (Å²) < 4.78 is 65.3. The number of aliphatic hydroxyl groups excluding tert-OH is 4. The zero-order chi connectivity index (χ0) is 56.4. The topological polar surface area (TPSA) is 356 Å². The summed E-state index contributed by atoms with van der Waals surface area (Å²) in [5.74, 6) is 0.519. The summed E-state index contributed by atoms with van der Waals surface area (Å²) in [5, 5.41) is 84.6. The molecule has 428 valence electrons. The van der Waals surface area contributed by atoms with Gasteiger partial charge in [0.2, 0.25) is 11.2 Å². The Kier molecular flexibility index (Phi) is 22.3. The minimum absolute atomic E-state index is 0.000813. The molecule has 6 heterocycles. The number of nitriles is 3. The second-order valence-corrected chi connectivity index (χ2v) is 21.7. The number of hydrogen-bond donors (Lipinski definition) is 6. The Morgan fingerprint density at radius 3 is 1.62 bits per heavy atom. The Hall–Kier alpha value is -5.88. The molecule has 0 amide bonds.